The van der Waals surface area contributed by atoms with Gasteiger partial charge in [-0.05, 0) is 19.4 Å². The van der Waals surface area contributed by atoms with E-state index >= 15 is 0 Å². The third-order valence-corrected chi connectivity index (χ3v) is 6.39. The Bertz CT molecular complexity index is 888. The van der Waals surface area contributed by atoms with Crippen molar-refractivity contribution in [2.45, 2.75) is 26.1 Å². The van der Waals surface area contributed by atoms with Crippen molar-refractivity contribution in [2.24, 2.45) is 4.99 Å². The molecule has 0 spiro atoms. The lowest BCUT2D eigenvalue weighted by molar-refractivity contribution is 0.259. The van der Waals surface area contributed by atoms with Gasteiger partial charge in [0.2, 0.25) is 10.0 Å². The van der Waals surface area contributed by atoms with E-state index in [1.165, 1.54) is 16.1 Å². The summed E-state index contributed by atoms with van der Waals surface area (Å²) >= 11 is 0. The van der Waals surface area contributed by atoms with Gasteiger partial charge in [-0.25, -0.2) is 13.4 Å². The summed E-state index contributed by atoms with van der Waals surface area (Å²) in [5, 5.41) is 7.02. The Morgan fingerprint density at radius 2 is 2.04 bits per heavy atom. The second-order valence-electron chi connectivity index (χ2n) is 6.79. The van der Waals surface area contributed by atoms with E-state index < -0.39 is 10.0 Å². The average molecular weight is 406 g/mol. The number of sulfonamides is 1. The molecule has 1 fully saturated rings. The number of piperazine rings is 1. The predicted molar refractivity (Wildman–Crippen MR) is 108 cm³/mol. The molecular formula is C19H27N5O3S. The van der Waals surface area contributed by atoms with E-state index in [2.05, 4.69) is 40.5 Å². The number of rotatable bonds is 6. The van der Waals surface area contributed by atoms with Gasteiger partial charge in [0, 0.05) is 38.8 Å². The number of aliphatic imine (C=N–C) groups is 1. The fourth-order valence-corrected chi connectivity index (χ4v) is 4.60. The summed E-state index contributed by atoms with van der Waals surface area (Å²) in [6, 6.07) is 9.87. The van der Waals surface area contributed by atoms with E-state index in [4.69, 9.17) is 9.52 Å². The van der Waals surface area contributed by atoms with Gasteiger partial charge in [-0.1, -0.05) is 35.0 Å². The zero-order chi connectivity index (χ0) is 20.0. The minimum absolute atomic E-state index is 0.134. The Morgan fingerprint density at radius 1 is 1.25 bits per heavy atom. The third-order valence-electron chi connectivity index (χ3n) is 4.58. The number of hydrogen-bond acceptors (Lipinski definition) is 5. The van der Waals surface area contributed by atoms with Crippen molar-refractivity contribution in [2.75, 3.05) is 32.7 Å². The van der Waals surface area contributed by atoms with E-state index in [1.807, 2.05) is 13.0 Å². The molecule has 9 heteroatoms. The highest BCUT2D eigenvalue weighted by Gasteiger charge is 2.28. The van der Waals surface area contributed by atoms with Crippen LogP contribution >= 0.6 is 0 Å². The van der Waals surface area contributed by atoms with Crippen LogP contribution < -0.4 is 5.32 Å². The zero-order valence-corrected chi connectivity index (χ0v) is 17.2. The Balaban J connectivity index is 1.61. The molecule has 1 N–H and O–H groups in total. The number of aromatic nitrogens is 1. The summed E-state index contributed by atoms with van der Waals surface area (Å²) in [4.78, 5) is 6.85. The molecule has 1 saturated heterocycles. The van der Waals surface area contributed by atoms with Crippen LogP contribution in [0.3, 0.4) is 0 Å². The van der Waals surface area contributed by atoms with Gasteiger partial charge in [-0.15, -0.1) is 0 Å². The van der Waals surface area contributed by atoms with Crippen LogP contribution in [0.4, 0.5) is 0 Å². The van der Waals surface area contributed by atoms with Crippen LogP contribution in [0.25, 0.3) is 0 Å². The van der Waals surface area contributed by atoms with Crippen LogP contribution in [0.1, 0.15) is 23.7 Å². The molecule has 2 heterocycles. The van der Waals surface area contributed by atoms with Crippen molar-refractivity contribution in [3.05, 3.63) is 53.4 Å². The minimum atomic E-state index is -3.40. The summed E-state index contributed by atoms with van der Waals surface area (Å²) in [6.07, 6.45) is 1.39. The highest BCUT2D eigenvalue weighted by molar-refractivity contribution is 7.88. The van der Waals surface area contributed by atoms with Gasteiger partial charge in [0.05, 0.1) is 12.2 Å². The summed E-state index contributed by atoms with van der Waals surface area (Å²) in [5.41, 5.74) is 2.79. The largest absolute Gasteiger partial charge is 0.364 e. The summed E-state index contributed by atoms with van der Waals surface area (Å²) in [5.74, 6) is 0.683. The first-order chi connectivity index (χ1) is 13.5. The number of nitrogens with zero attached hydrogens (tertiary/aromatic N) is 4. The second kappa shape index (κ2) is 9.20. The molecule has 8 nitrogen and oxygen atoms in total. The molecular weight excluding hydrogens is 378 g/mol. The Kier molecular flexibility index (Phi) is 6.69. The SMILES string of the molecule is CCNC(=NCc1cccc(C)c1)N1CCN(S(=O)(=O)Cc2ccon2)CC1. The van der Waals surface area contributed by atoms with Crippen molar-refractivity contribution in [1.29, 1.82) is 0 Å². The maximum atomic E-state index is 12.6. The molecule has 1 aromatic carbocycles. The molecule has 28 heavy (non-hydrogen) atoms. The number of hydrogen-bond donors (Lipinski definition) is 1. The maximum absolute atomic E-state index is 12.6. The van der Waals surface area contributed by atoms with Crippen LogP contribution in [0, 0.1) is 6.92 Å². The van der Waals surface area contributed by atoms with Crippen molar-refractivity contribution >= 4 is 16.0 Å². The summed E-state index contributed by atoms with van der Waals surface area (Å²) < 4.78 is 31.4. The predicted octanol–water partition coefficient (Wildman–Crippen LogP) is 1.60. The molecule has 1 aliphatic rings. The molecule has 152 valence electrons. The summed E-state index contributed by atoms with van der Waals surface area (Å²) in [6.45, 7) is 7.49. The van der Waals surface area contributed by atoms with E-state index in [1.54, 1.807) is 6.07 Å². The lowest BCUT2D eigenvalue weighted by atomic mass is 10.1. The van der Waals surface area contributed by atoms with Crippen molar-refractivity contribution in [3.63, 3.8) is 0 Å². The van der Waals surface area contributed by atoms with E-state index in [0.717, 1.165) is 18.1 Å². The molecule has 1 aromatic heterocycles. The molecule has 3 rings (SSSR count). The first-order valence-corrected chi connectivity index (χ1v) is 11.0. The molecule has 0 atom stereocenters. The van der Waals surface area contributed by atoms with Gasteiger partial charge in [0.1, 0.15) is 12.0 Å². The van der Waals surface area contributed by atoms with Crippen molar-refractivity contribution in [3.8, 4) is 0 Å². The maximum Gasteiger partial charge on any atom is 0.220 e. The Hall–Kier alpha value is -2.39. The second-order valence-corrected chi connectivity index (χ2v) is 8.76. The normalized spacial score (nSPS) is 16.4. The molecule has 0 amide bonds. The molecule has 0 saturated carbocycles. The number of benzene rings is 1. The molecule has 0 aliphatic carbocycles. The van der Waals surface area contributed by atoms with Gasteiger partial charge >= 0.3 is 0 Å². The van der Waals surface area contributed by atoms with Gasteiger partial charge in [-0.2, -0.15) is 4.31 Å². The fraction of sp³-hybridized carbons (Fsp3) is 0.474. The number of guanidine groups is 1. The first kappa shape index (κ1) is 20.3. The van der Waals surface area contributed by atoms with Gasteiger partial charge in [0.15, 0.2) is 5.96 Å². The van der Waals surface area contributed by atoms with E-state index in [-0.39, 0.29) is 5.75 Å². The van der Waals surface area contributed by atoms with E-state index in [9.17, 15) is 8.42 Å². The molecule has 0 unspecified atom stereocenters. The van der Waals surface area contributed by atoms with Crippen LogP contribution in [0.15, 0.2) is 46.1 Å². The number of nitrogens with one attached hydrogen (secondary N) is 1. The summed E-state index contributed by atoms with van der Waals surface area (Å²) in [7, 11) is -3.40. The van der Waals surface area contributed by atoms with Crippen LogP contribution in [0.2, 0.25) is 0 Å². The number of aryl methyl sites for hydroxylation is 1. The lowest BCUT2D eigenvalue weighted by Crippen LogP contribution is -2.53. The molecule has 0 bridgehead atoms. The van der Waals surface area contributed by atoms with Crippen LogP contribution in [-0.2, 0) is 22.3 Å². The molecule has 1 aliphatic heterocycles. The monoisotopic (exact) mass is 405 g/mol. The zero-order valence-electron chi connectivity index (χ0n) is 16.3. The van der Waals surface area contributed by atoms with Crippen molar-refractivity contribution < 1.29 is 12.9 Å². The fourth-order valence-electron chi connectivity index (χ4n) is 3.17. The topological polar surface area (TPSA) is 91.0 Å². The quantitative estimate of drug-likeness (QED) is 0.580. The Labute approximate surface area is 166 Å². The third kappa shape index (κ3) is 5.32. The van der Waals surface area contributed by atoms with Crippen molar-refractivity contribution in [1.82, 2.24) is 19.7 Å². The van der Waals surface area contributed by atoms with Gasteiger partial charge in [-0.3, -0.25) is 0 Å². The highest BCUT2D eigenvalue weighted by Crippen LogP contribution is 2.13. The van der Waals surface area contributed by atoms with Crippen LogP contribution in [0.5, 0.6) is 0 Å². The smallest absolute Gasteiger partial charge is 0.220 e. The highest BCUT2D eigenvalue weighted by atomic mass is 32.2. The first-order valence-electron chi connectivity index (χ1n) is 9.44. The van der Waals surface area contributed by atoms with Gasteiger partial charge < -0.3 is 14.7 Å². The van der Waals surface area contributed by atoms with Crippen LogP contribution in [-0.4, -0.2) is 61.5 Å². The molecule has 0 radical (unpaired) electrons. The standard InChI is InChI=1S/C19H27N5O3S/c1-3-20-19(21-14-17-6-4-5-16(2)13-17)23-8-10-24(11-9-23)28(25,26)15-18-7-12-27-22-18/h4-7,12-13H,3,8-11,14-15H2,1-2H3,(H,20,21). The van der Waals surface area contributed by atoms with Gasteiger partial charge in [0.25, 0.3) is 0 Å². The average Bonchev–Trinajstić information content (AvgIpc) is 3.17. The Morgan fingerprint density at radius 3 is 2.68 bits per heavy atom. The van der Waals surface area contributed by atoms with E-state index in [0.29, 0.717) is 38.4 Å². The lowest BCUT2D eigenvalue weighted by Gasteiger charge is -2.35. The molecule has 2 aromatic rings. The minimum Gasteiger partial charge on any atom is -0.364 e.